The van der Waals surface area contributed by atoms with Gasteiger partial charge in [-0.15, -0.1) is 0 Å². The second-order valence-corrected chi connectivity index (χ2v) is 19.0. The van der Waals surface area contributed by atoms with Crippen LogP contribution in [0.2, 0.25) is 0 Å². The molecule has 4 heterocycles. The Labute approximate surface area is 343 Å². The van der Waals surface area contributed by atoms with Crippen molar-refractivity contribution in [3.8, 4) is 17.4 Å². The lowest BCUT2D eigenvalue weighted by molar-refractivity contribution is -0.142. The number of rotatable bonds is 9. The van der Waals surface area contributed by atoms with Crippen molar-refractivity contribution < 1.29 is 41.8 Å². The molecular weight excluding hydrogens is 781 g/mol. The molecule has 7 rings (SSSR count). The van der Waals surface area contributed by atoms with Crippen LogP contribution in [0.25, 0.3) is 10.8 Å². The maximum Gasteiger partial charge on any atom is 0.259 e. The summed E-state index contributed by atoms with van der Waals surface area (Å²) >= 11 is 0. The fraction of sp³-hybridized carbons (Fsp3) is 0.524. The van der Waals surface area contributed by atoms with Crippen molar-refractivity contribution >= 4 is 44.4 Å². The van der Waals surface area contributed by atoms with Gasteiger partial charge in [-0.1, -0.05) is 26.0 Å². The normalized spacial score (nSPS) is 27.9. The van der Waals surface area contributed by atoms with E-state index in [1.807, 2.05) is 19.1 Å². The minimum atomic E-state index is -4.03. The van der Waals surface area contributed by atoms with Crippen molar-refractivity contribution in [3.05, 3.63) is 70.8 Å². The number of aromatic nitrogens is 2. The molecule has 4 amide bonds. The minimum absolute atomic E-state index is 0.0162. The number of nitrogens with zero attached hydrogens (tertiary/aromatic N) is 3. The first-order valence-electron chi connectivity index (χ1n) is 20.0. The van der Waals surface area contributed by atoms with E-state index in [-0.39, 0.29) is 36.7 Å². The number of methoxy groups -OCH3 is 2. The lowest BCUT2D eigenvalue weighted by atomic mass is 9.87. The number of carbonyl (C=O) groups is 4. The van der Waals surface area contributed by atoms with Crippen molar-refractivity contribution in [2.24, 2.45) is 24.8 Å². The van der Waals surface area contributed by atoms with E-state index >= 15 is 0 Å². The van der Waals surface area contributed by atoms with E-state index in [2.05, 4.69) is 27.3 Å². The van der Waals surface area contributed by atoms with Gasteiger partial charge in [0, 0.05) is 48.0 Å². The summed E-state index contributed by atoms with van der Waals surface area (Å²) in [5, 5.41) is 7.04. The topological polar surface area (TPSA) is 204 Å². The van der Waals surface area contributed by atoms with Crippen LogP contribution in [0.3, 0.4) is 0 Å². The lowest BCUT2D eigenvalue weighted by Gasteiger charge is -2.33. The Bertz CT molecular complexity index is 2380. The third-order valence-electron chi connectivity index (χ3n) is 12.4. The number of hydrogen-bond acceptors (Lipinski definition) is 11. The van der Waals surface area contributed by atoms with Gasteiger partial charge in [-0.25, -0.2) is 13.4 Å². The Hall–Kier alpha value is -5.45. The molecule has 1 saturated heterocycles. The Morgan fingerprint density at radius 1 is 1.02 bits per heavy atom. The van der Waals surface area contributed by atoms with Crippen LogP contribution >= 0.6 is 0 Å². The minimum Gasteiger partial charge on any atom is -0.497 e. The summed E-state index contributed by atoms with van der Waals surface area (Å²) in [4.78, 5) is 75.7. The number of aryl methyl sites for hydroxylation is 1. The molecule has 0 bridgehead atoms. The quantitative estimate of drug-likeness (QED) is 0.268. The van der Waals surface area contributed by atoms with Gasteiger partial charge >= 0.3 is 0 Å². The van der Waals surface area contributed by atoms with Crippen molar-refractivity contribution in [1.29, 1.82) is 0 Å². The zero-order valence-electron chi connectivity index (χ0n) is 34.1. The summed E-state index contributed by atoms with van der Waals surface area (Å²) in [7, 11) is 0.599. The predicted molar refractivity (Wildman–Crippen MR) is 217 cm³/mol. The number of fused-ring (bicyclic) bond motifs is 3. The number of allylic oxidation sites excluding steroid dienone is 1. The number of sulfonamides is 1. The smallest absolute Gasteiger partial charge is 0.259 e. The third kappa shape index (κ3) is 8.25. The lowest BCUT2D eigenvalue weighted by Crippen LogP contribution is -2.59. The average molecular weight is 833 g/mol. The molecule has 2 aromatic heterocycles. The number of nitrogens with one attached hydrogen (secondary N) is 3. The fourth-order valence-electron chi connectivity index (χ4n) is 8.22. The second kappa shape index (κ2) is 16.0. The molecular formula is C42H52N6O10S. The number of amides is 4. The molecule has 1 aromatic carbocycles. The van der Waals surface area contributed by atoms with Crippen LogP contribution in [0, 0.1) is 17.8 Å². The van der Waals surface area contributed by atoms with Gasteiger partial charge in [0.15, 0.2) is 0 Å². The molecule has 17 heteroatoms. The van der Waals surface area contributed by atoms with E-state index in [0.29, 0.717) is 48.0 Å². The fourth-order valence-corrected chi connectivity index (χ4v) is 9.53. The van der Waals surface area contributed by atoms with Crippen molar-refractivity contribution in [3.63, 3.8) is 0 Å². The molecule has 0 radical (unpaired) electrons. The monoisotopic (exact) mass is 832 g/mol. The summed E-state index contributed by atoms with van der Waals surface area (Å²) < 4.78 is 46.5. The largest absolute Gasteiger partial charge is 0.497 e. The molecule has 3 N–H and O–H groups in total. The summed E-state index contributed by atoms with van der Waals surface area (Å²) in [6.45, 7) is 5.42. The van der Waals surface area contributed by atoms with E-state index in [1.165, 1.54) is 41.1 Å². The third-order valence-corrected chi connectivity index (χ3v) is 14.6. The van der Waals surface area contributed by atoms with Gasteiger partial charge in [0.05, 0.1) is 31.7 Å². The predicted octanol–water partition coefficient (Wildman–Crippen LogP) is 2.98. The van der Waals surface area contributed by atoms with Crippen molar-refractivity contribution in [1.82, 2.24) is 29.8 Å². The van der Waals surface area contributed by atoms with Crippen LogP contribution < -0.4 is 35.1 Å². The van der Waals surface area contributed by atoms with E-state index in [1.54, 1.807) is 39.3 Å². The van der Waals surface area contributed by atoms with E-state index in [0.717, 1.165) is 6.42 Å². The van der Waals surface area contributed by atoms with Crippen LogP contribution in [0.5, 0.6) is 17.4 Å². The van der Waals surface area contributed by atoms with Crippen LogP contribution in [0.1, 0.15) is 76.1 Å². The van der Waals surface area contributed by atoms with Gasteiger partial charge in [-0.05, 0) is 81.5 Å². The van der Waals surface area contributed by atoms with Crippen LogP contribution in [0.4, 0.5) is 0 Å². The first-order valence-corrected chi connectivity index (χ1v) is 21.5. The van der Waals surface area contributed by atoms with Crippen LogP contribution in [-0.4, -0.2) is 95.7 Å². The summed E-state index contributed by atoms with van der Waals surface area (Å²) in [5.74, 6) is -2.17. The first-order chi connectivity index (χ1) is 28.0. The number of carbonyl (C=O) groups excluding carboxylic acids is 4. The van der Waals surface area contributed by atoms with E-state index in [9.17, 15) is 32.4 Å². The van der Waals surface area contributed by atoms with Gasteiger partial charge in [0.25, 0.3) is 17.4 Å². The van der Waals surface area contributed by atoms with Crippen LogP contribution in [0.15, 0.2) is 59.7 Å². The highest BCUT2D eigenvalue weighted by molar-refractivity contribution is 7.91. The van der Waals surface area contributed by atoms with Gasteiger partial charge in [0.2, 0.25) is 27.7 Å². The number of pyridine rings is 2. The molecule has 2 aliphatic heterocycles. The van der Waals surface area contributed by atoms with Gasteiger partial charge in [-0.3, -0.25) is 28.7 Å². The van der Waals surface area contributed by atoms with Crippen LogP contribution in [-0.2, 0) is 31.5 Å². The zero-order chi connectivity index (χ0) is 42.4. The molecule has 7 atom stereocenters. The maximum atomic E-state index is 15.0. The van der Waals surface area contributed by atoms with E-state index < -0.39 is 79.5 Å². The standard InChI is InChI=1S/C42H52N6O10S/c1-24-9-7-8-10-27-21-42(27,40(53)46-59(54,55)41(3)14-15-41)45-37(51)32-20-29(58-38-30-12-11-28(56-5)19-31(30)33(57-6)22-43-38)23-48(32)39(52)35(25(2)17-24)44-36(50)26-13-16-47(4)34(49)18-26/h8,10-13,16,18-19,22,24-25,27,29,32,35H,7,9,14-15,17,20-21,23H2,1-6H3,(H,44,50)(H,45,51)(H,46,53)/t24-,25-,27-,29-,32+,35+,42-/m1/s1. The summed E-state index contributed by atoms with van der Waals surface area (Å²) in [5.41, 5.74) is -1.89. The van der Waals surface area contributed by atoms with Crippen molar-refractivity contribution in [2.45, 2.75) is 94.2 Å². The maximum absolute atomic E-state index is 15.0. The van der Waals surface area contributed by atoms with E-state index in [4.69, 9.17) is 14.2 Å². The average Bonchev–Trinajstić information content (AvgIpc) is 4.09. The Kier molecular flexibility index (Phi) is 11.3. The molecule has 0 spiro atoms. The number of hydrogen-bond donors (Lipinski definition) is 3. The Morgan fingerprint density at radius 2 is 1.78 bits per heavy atom. The molecule has 316 valence electrons. The molecule has 0 unspecified atom stereocenters. The highest BCUT2D eigenvalue weighted by atomic mass is 32.2. The molecule has 2 saturated carbocycles. The molecule has 16 nitrogen and oxygen atoms in total. The van der Waals surface area contributed by atoms with Crippen molar-refractivity contribution in [2.75, 3.05) is 20.8 Å². The van der Waals surface area contributed by atoms with Gasteiger partial charge < -0.3 is 34.3 Å². The molecule has 3 aromatic rings. The SMILES string of the molecule is COc1ccc2c(O[C@@H]3C[C@H]4C(=O)N[C@]5(C(=O)NS(=O)(=O)C6(C)CC6)C[C@H]5C=CCC[C@@H](C)C[C@@H](C)[C@H](NC(=O)c5ccn(C)c(=O)c5)C(=O)N4C3)ncc(OC)c2c1. The summed E-state index contributed by atoms with van der Waals surface area (Å²) in [6, 6.07) is 5.68. The molecule has 4 aliphatic rings. The zero-order valence-corrected chi connectivity index (χ0v) is 35.0. The highest BCUT2D eigenvalue weighted by Gasteiger charge is 2.63. The van der Waals surface area contributed by atoms with Gasteiger partial charge in [-0.2, -0.15) is 0 Å². The molecule has 3 fully saturated rings. The Balaban J connectivity index is 1.25. The summed E-state index contributed by atoms with van der Waals surface area (Å²) in [6.07, 6.45) is 8.89. The molecule has 2 aliphatic carbocycles. The first kappa shape index (κ1) is 41.7. The number of ether oxygens (including phenoxy) is 3. The Morgan fingerprint density at radius 3 is 2.47 bits per heavy atom. The van der Waals surface area contributed by atoms with Gasteiger partial charge in [0.1, 0.15) is 35.2 Å². The molecule has 59 heavy (non-hydrogen) atoms. The second-order valence-electron chi connectivity index (χ2n) is 16.8. The number of benzene rings is 1. The highest BCUT2D eigenvalue weighted by Crippen LogP contribution is 2.48.